The molecule has 1 aliphatic heterocycles. The Kier molecular flexibility index (Phi) is 3.58. The van der Waals surface area contributed by atoms with Crippen LogP contribution in [0.25, 0.3) is 0 Å². The van der Waals surface area contributed by atoms with Crippen LogP contribution in [-0.4, -0.2) is 33.6 Å². The fourth-order valence-corrected chi connectivity index (χ4v) is 2.66. The summed E-state index contributed by atoms with van der Waals surface area (Å²) in [5.74, 6) is 1.07. The number of nitrogens with two attached hydrogens (primary N) is 1. The third-order valence-corrected chi connectivity index (χ3v) is 3.73. The molecular formula is C14H15N3O4. The van der Waals surface area contributed by atoms with Gasteiger partial charge in [-0.2, -0.15) is 0 Å². The number of allylic oxidation sites excluding steroid dienone is 2. The summed E-state index contributed by atoms with van der Waals surface area (Å²) in [6, 6.07) is -1.39. The van der Waals surface area contributed by atoms with Crippen molar-refractivity contribution in [2.75, 3.05) is 0 Å². The fraction of sp³-hybridized carbons (Fsp3) is 0.357. The zero-order valence-electron chi connectivity index (χ0n) is 11.4. The Balaban J connectivity index is 2.58. The molecule has 4 N–H and O–H groups in total. The number of nitrogens with one attached hydrogen (secondary N) is 1. The molecule has 0 saturated carbocycles. The van der Waals surface area contributed by atoms with Crippen LogP contribution in [0.3, 0.4) is 0 Å². The second kappa shape index (κ2) is 5.07. The molecular weight excluding hydrogens is 274 g/mol. The Hall–Kier alpha value is -2.59. The van der Waals surface area contributed by atoms with Crippen molar-refractivity contribution >= 4 is 5.97 Å². The number of nitro groups is 1. The third-order valence-electron chi connectivity index (χ3n) is 3.73. The second-order valence-corrected chi connectivity index (χ2v) is 5.02. The molecule has 0 amide bonds. The zero-order chi connectivity index (χ0) is 15.8. The van der Waals surface area contributed by atoms with E-state index in [2.05, 4.69) is 11.2 Å². The summed E-state index contributed by atoms with van der Waals surface area (Å²) in [4.78, 5) is 21.9. The average Bonchev–Trinajstić information content (AvgIpc) is 2.74. The van der Waals surface area contributed by atoms with Gasteiger partial charge >= 0.3 is 11.5 Å². The molecule has 7 nitrogen and oxygen atoms in total. The van der Waals surface area contributed by atoms with E-state index in [0.717, 1.165) is 0 Å². The summed E-state index contributed by atoms with van der Waals surface area (Å²) in [5, 5.41) is 23.5. The minimum atomic E-state index is -1.78. The first-order chi connectivity index (χ1) is 9.83. The molecule has 3 atom stereocenters. The Morgan fingerprint density at radius 3 is 2.95 bits per heavy atom. The zero-order valence-corrected chi connectivity index (χ0v) is 11.4. The molecule has 0 aromatic rings. The highest BCUT2D eigenvalue weighted by Crippen LogP contribution is 2.39. The molecule has 1 aliphatic carbocycles. The molecule has 0 bridgehead atoms. The van der Waals surface area contributed by atoms with Gasteiger partial charge in [-0.3, -0.25) is 14.9 Å². The third kappa shape index (κ3) is 2.19. The summed E-state index contributed by atoms with van der Waals surface area (Å²) in [6.45, 7) is 1.79. The van der Waals surface area contributed by atoms with Gasteiger partial charge in [0.2, 0.25) is 0 Å². The van der Waals surface area contributed by atoms with Crippen LogP contribution in [0.1, 0.15) is 13.3 Å². The van der Waals surface area contributed by atoms with Gasteiger partial charge in [0.1, 0.15) is 6.04 Å². The largest absolute Gasteiger partial charge is 0.480 e. The van der Waals surface area contributed by atoms with Crippen LogP contribution < -0.4 is 11.1 Å². The lowest BCUT2D eigenvalue weighted by atomic mass is 9.81. The second-order valence-electron chi connectivity index (χ2n) is 5.02. The Bertz CT molecular complexity index is 641. The summed E-state index contributed by atoms with van der Waals surface area (Å²) in [5.41, 5.74) is 5.23. The smallest absolute Gasteiger partial charge is 0.327 e. The van der Waals surface area contributed by atoms with Gasteiger partial charge in [0.15, 0.2) is 0 Å². The molecule has 110 valence electrons. The van der Waals surface area contributed by atoms with Crippen molar-refractivity contribution in [1.82, 2.24) is 5.32 Å². The van der Waals surface area contributed by atoms with E-state index in [1.54, 1.807) is 13.0 Å². The van der Waals surface area contributed by atoms with Gasteiger partial charge in [0.05, 0.1) is 5.57 Å². The highest BCUT2D eigenvalue weighted by atomic mass is 16.6. The normalized spacial score (nSPS) is 28.2. The van der Waals surface area contributed by atoms with Crippen molar-refractivity contribution in [3.63, 3.8) is 0 Å². The van der Waals surface area contributed by atoms with Crippen LogP contribution in [-0.2, 0) is 4.79 Å². The molecule has 2 aliphatic rings. The number of carboxylic acid groups (broad SMARTS) is 1. The van der Waals surface area contributed by atoms with Crippen LogP contribution in [0.5, 0.6) is 0 Å². The molecule has 0 spiro atoms. The van der Waals surface area contributed by atoms with E-state index in [1.807, 2.05) is 0 Å². The lowest BCUT2D eigenvalue weighted by Crippen LogP contribution is -2.40. The van der Waals surface area contributed by atoms with Gasteiger partial charge in [-0.15, -0.1) is 6.42 Å². The molecule has 3 unspecified atom stereocenters. The SMILES string of the molecule is C#CC1([N+](=O)[O-])C=CC=C2NC(C)C(CC(N)C(=O)O)=C21. The van der Waals surface area contributed by atoms with Crippen molar-refractivity contribution in [1.29, 1.82) is 0 Å². The fourth-order valence-electron chi connectivity index (χ4n) is 2.66. The quantitative estimate of drug-likeness (QED) is 0.386. The lowest BCUT2D eigenvalue weighted by Gasteiger charge is -2.22. The molecule has 0 aromatic carbocycles. The number of fused-ring (bicyclic) bond motifs is 1. The van der Waals surface area contributed by atoms with E-state index in [1.165, 1.54) is 12.2 Å². The van der Waals surface area contributed by atoms with Crippen molar-refractivity contribution in [2.45, 2.75) is 31.0 Å². The Labute approximate surface area is 121 Å². The molecule has 21 heavy (non-hydrogen) atoms. The molecule has 0 aromatic heterocycles. The number of aliphatic carboxylic acids is 1. The maximum atomic E-state index is 11.5. The number of terminal acetylenes is 1. The van der Waals surface area contributed by atoms with E-state index in [0.29, 0.717) is 16.8 Å². The molecule has 1 heterocycles. The number of hydrogen-bond acceptors (Lipinski definition) is 5. The lowest BCUT2D eigenvalue weighted by molar-refractivity contribution is -0.525. The molecule has 2 rings (SSSR count). The van der Waals surface area contributed by atoms with Crippen molar-refractivity contribution in [3.05, 3.63) is 45.2 Å². The maximum Gasteiger partial charge on any atom is 0.327 e. The summed E-state index contributed by atoms with van der Waals surface area (Å²) in [7, 11) is 0. The van der Waals surface area contributed by atoms with Crippen LogP contribution in [0.2, 0.25) is 0 Å². The summed E-state index contributed by atoms with van der Waals surface area (Å²) in [6.07, 6.45) is 9.96. The molecule has 0 fully saturated rings. The van der Waals surface area contributed by atoms with E-state index < -0.39 is 22.5 Å². The highest BCUT2D eigenvalue weighted by molar-refractivity contribution is 5.74. The monoisotopic (exact) mass is 289 g/mol. The van der Waals surface area contributed by atoms with Gasteiger partial charge in [-0.1, -0.05) is 6.08 Å². The first kappa shape index (κ1) is 14.8. The first-order valence-electron chi connectivity index (χ1n) is 6.34. The average molecular weight is 289 g/mol. The van der Waals surface area contributed by atoms with E-state index in [9.17, 15) is 14.9 Å². The molecule has 0 saturated heterocycles. The number of rotatable bonds is 4. The van der Waals surface area contributed by atoms with Gasteiger partial charge in [0, 0.05) is 22.7 Å². The van der Waals surface area contributed by atoms with E-state index in [4.69, 9.17) is 17.3 Å². The van der Waals surface area contributed by atoms with Gasteiger partial charge in [-0.25, -0.2) is 0 Å². The van der Waals surface area contributed by atoms with Crippen LogP contribution >= 0.6 is 0 Å². The van der Waals surface area contributed by atoms with Crippen LogP contribution in [0, 0.1) is 22.5 Å². The van der Waals surface area contributed by atoms with E-state index >= 15 is 0 Å². The molecule has 0 radical (unpaired) electrons. The van der Waals surface area contributed by atoms with Crippen molar-refractivity contribution in [2.24, 2.45) is 5.73 Å². The van der Waals surface area contributed by atoms with Crippen molar-refractivity contribution < 1.29 is 14.8 Å². The maximum absolute atomic E-state index is 11.5. The van der Waals surface area contributed by atoms with Gasteiger partial charge in [0.25, 0.3) is 0 Å². The van der Waals surface area contributed by atoms with E-state index in [-0.39, 0.29) is 12.5 Å². The van der Waals surface area contributed by atoms with Crippen molar-refractivity contribution in [3.8, 4) is 12.3 Å². The Morgan fingerprint density at radius 1 is 1.76 bits per heavy atom. The summed E-state index contributed by atoms with van der Waals surface area (Å²) < 4.78 is 0. The van der Waals surface area contributed by atoms with Gasteiger partial charge in [-0.05, 0) is 30.9 Å². The number of carboxylic acids is 1. The number of carbonyl (C=O) groups is 1. The predicted octanol–water partition coefficient (Wildman–Crippen LogP) is 0.179. The topological polar surface area (TPSA) is 118 Å². The Morgan fingerprint density at radius 2 is 2.43 bits per heavy atom. The number of nitrogens with zero attached hydrogens (tertiary/aromatic N) is 1. The highest BCUT2D eigenvalue weighted by Gasteiger charge is 2.50. The standard InChI is InChI=1S/C14H15N3O4/c1-3-14(17(20)21)6-4-5-11-12(14)9(8(2)16-11)7-10(15)13(18)19/h1,4-6,8,10,16H,7,15H2,2H3,(H,18,19). The molecule has 7 heteroatoms. The van der Waals surface area contributed by atoms with Gasteiger partial charge < -0.3 is 16.2 Å². The number of hydrogen-bond donors (Lipinski definition) is 3. The summed E-state index contributed by atoms with van der Waals surface area (Å²) >= 11 is 0. The van der Waals surface area contributed by atoms with Crippen LogP contribution in [0.15, 0.2) is 35.1 Å². The minimum absolute atomic E-state index is 0.00127. The predicted molar refractivity (Wildman–Crippen MR) is 75.6 cm³/mol. The first-order valence-corrected chi connectivity index (χ1v) is 6.34. The van der Waals surface area contributed by atoms with Crippen LogP contribution in [0.4, 0.5) is 0 Å². The minimum Gasteiger partial charge on any atom is -0.480 e.